The number of nitrogens with zero attached hydrogens (tertiary/aromatic N) is 1. The van der Waals surface area contributed by atoms with E-state index in [2.05, 4.69) is 42.9 Å². The SMILES string of the molecule is COc1ncccc1COc1c(C)cc(Br)cc1CBr. The summed E-state index contributed by atoms with van der Waals surface area (Å²) in [5.74, 6) is 1.50. The Hall–Kier alpha value is -1.07. The highest BCUT2D eigenvalue weighted by Gasteiger charge is 2.10. The number of methoxy groups -OCH3 is 1. The smallest absolute Gasteiger partial charge is 0.219 e. The van der Waals surface area contributed by atoms with E-state index in [1.54, 1.807) is 13.3 Å². The van der Waals surface area contributed by atoms with Crippen LogP contribution in [0.15, 0.2) is 34.9 Å². The normalized spacial score (nSPS) is 10.4. The molecule has 3 nitrogen and oxygen atoms in total. The number of ether oxygens (including phenoxy) is 2. The zero-order valence-corrected chi connectivity index (χ0v) is 14.5. The summed E-state index contributed by atoms with van der Waals surface area (Å²) in [6, 6.07) is 7.93. The molecule has 1 aromatic carbocycles. The van der Waals surface area contributed by atoms with Crippen molar-refractivity contribution >= 4 is 31.9 Å². The molecule has 20 heavy (non-hydrogen) atoms. The number of aromatic nitrogens is 1. The second-order valence-corrected chi connectivity index (χ2v) is 5.78. The minimum Gasteiger partial charge on any atom is -0.488 e. The van der Waals surface area contributed by atoms with Gasteiger partial charge < -0.3 is 9.47 Å². The Balaban J connectivity index is 2.23. The first-order valence-corrected chi connectivity index (χ1v) is 8.02. The molecule has 0 N–H and O–H groups in total. The minimum absolute atomic E-state index is 0.430. The molecule has 0 atom stereocenters. The van der Waals surface area contributed by atoms with E-state index in [-0.39, 0.29) is 0 Å². The molecule has 106 valence electrons. The van der Waals surface area contributed by atoms with E-state index in [1.165, 1.54) is 0 Å². The van der Waals surface area contributed by atoms with E-state index in [4.69, 9.17) is 9.47 Å². The standard InChI is InChI=1S/C15H15Br2NO2/c1-10-6-13(17)7-12(8-16)14(10)20-9-11-4-3-5-18-15(11)19-2/h3-7H,8-9H2,1-2H3. The summed E-state index contributed by atoms with van der Waals surface area (Å²) in [5.41, 5.74) is 3.13. The summed E-state index contributed by atoms with van der Waals surface area (Å²) in [6.45, 7) is 2.46. The van der Waals surface area contributed by atoms with Gasteiger partial charge in [0.15, 0.2) is 0 Å². The molecule has 0 aliphatic rings. The average Bonchev–Trinajstić information content (AvgIpc) is 2.45. The van der Waals surface area contributed by atoms with Gasteiger partial charge >= 0.3 is 0 Å². The Morgan fingerprint density at radius 1 is 1.25 bits per heavy atom. The van der Waals surface area contributed by atoms with E-state index in [0.29, 0.717) is 12.5 Å². The van der Waals surface area contributed by atoms with Crippen molar-refractivity contribution in [3.05, 3.63) is 51.6 Å². The Kier molecular flexibility index (Phi) is 5.43. The molecule has 0 saturated heterocycles. The highest BCUT2D eigenvalue weighted by Crippen LogP contribution is 2.30. The number of hydrogen-bond donors (Lipinski definition) is 0. The molecule has 1 heterocycles. The molecular formula is C15H15Br2NO2. The lowest BCUT2D eigenvalue weighted by molar-refractivity contribution is 0.290. The van der Waals surface area contributed by atoms with Crippen LogP contribution in [0.5, 0.6) is 11.6 Å². The second kappa shape index (κ2) is 7.09. The van der Waals surface area contributed by atoms with Crippen LogP contribution in [0, 0.1) is 6.92 Å². The van der Waals surface area contributed by atoms with Crippen molar-refractivity contribution in [2.75, 3.05) is 7.11 Å². The van der Waals surface area contributed by atoms with Crippen LogP contribution in [-0.2, 0) is 11.9 Å². The first kappa shape index (κ1) is 15.3. The lowest BCUT2D eigenvalue weighted by atomic mass is 10.1. The fourth-order valence-electron chi connectivity index (χ4n) is 1.97. The van der Waals surface area contributed by atoms with Gasteiger partial charge in [-0.25, -0.2) is 4.98 Å². The number of hydrogen-bond acceptors (Lipinski definition) is 3. The molecule has 5 heteroatoms. The largest absolute Gasteiger partial charge is 0.488 e. The molecule has 0 unspecified atom stereocenters. The lowest BCUT2D eigenvalue weighted by Crippen LogP contribution is -2.03. The third-order valence-corrected chi connectivity index (χ3v) is 3.94. The maximum absolute atomic E-state index is 5.97. The average molecular weight is 401 g/mol. The molecule has 2 aromatic rings. The molecule has 0 saturated carbocycles. The van der Waals surface area contributed by atoms with Gasteiger partial charge in [-0.2, -0.15) is 0 Å². The maximum atomic E-state index is 5.97. The van der Waals surface area contributed by atoms with Crippen molar-refractivity contribution in [1.82, 2.24) is 4.98 Å². The summed E-state index contributed by atoms with van der Waals surface area (Å²) in [6.07, 6.45) is 1.71. The van der Waals surface area contributed by atoms with Crippen LogP contribution in [0.1, 0.15) is 16.7 Å². The molecule has 1 aromatic heterocycles. The second-order valence-electron chi connectivity index (χ2n) is 4.31. The highest BCUT2D eigenvalue weighted by atomic mass is 79.9. The van der Waals surface area contributed by atoms with Gasteiger partial charge in [-0.3, -0.25) is 0 Å². The number of aryl methyl sites for hydroxylation is 1. The van der Waals surface area contributed by atoms with Crippen LogP contribution in [-0.4, -0.2) is 12.1 Å². The summed E-state index contributed by atoms with van der Waals surface area (Å²) in [5, 5.41) is 0.743. The summed E-state index contributed by atoms with van der Waals surface area (Å²) >= 11 is 6.99. The van der Waals surface area contributed by atoms with Gasteiger partial charge in [0.2, 0.25) is 5.88 Å². The van der Waals surface area contributed by atoms with Gasteiger partial charge in [-0.1, -0.05) is 31.9 Å². The van der Waals surface area contributed by atoms with Crippen molar-refractivity contribution in [3.63, 3.8) is 0 Å². The first-order valence-electron chi connectivity index (χ1n) is 6.11. The molecule has 0 amide bonds. The number of halogens is 2. The van der Waals surface area contributed by atoms with Crippen molar-refractivity contribution < 1.29 is 9.47 Å². The Morgan fingerprint density at radius 2 is 2.05 bits per heavy atom. The number of pyridine rings is 1. The van der Waals surface area contributed by atoms with E-state index in [1.807, 2.05) is 25.1 Å². The number of rotatable bonds is 5. The topological polar surface area (TPSA) is 31.4 Å². The third-order valence-electron chi connectivity index (χ3n) is 2.88. The predicted molar refractivity (Wildman–Crippen MR) is 86.6 cm³/mol. The summed E-state index contributed by atoms with van der Waals surface area (Å²) in [4.78, 5) is 4.17. The van der Waals surface area contributed by atoms with Crippen LogP contribution in [0.2, 0.25) is 0 Å². The maximum Gasteiger partial charge on any atom is 0.219 e. The van der Waals surface area contributed by atoms with Crippen molar-refractivity contribution in [1.29, 1.82) is 0 Å². The fourth-order valence-corrected chi connectivity index (χ4v) is 3.01. The quantitative estimate of drug-likeness (QED) is 0.685. The minimum atomic E-state index is 0.430. The summed E-state index contributed by atoms with van der Waals surface area (Å²) < 4.78 is 12.3. The lowest BCUT2D eigenvalue weighted by Gasteiger charge is -2.14. The van der Waals surface area contributed by atoms with Gasteiger partial charge in [0.1, 0.15) is 12.4 Å². The van der Waals surface area contributed by atoms with Crippen molar-refractivity contribution in [2.45, 2.75) is 18.9 Å². The molecule has 0 bridgehead atoms. The Labute approximate surface area is 135 Å². The van der Waals surface area contributed by atoms with Gasteiger partial charge in [0.05, 0.1) is 12.7 Å². The van der Waals surface area contributed by atoms with Crippen LogP contribution in [0.4, 0.5) is 0 Å². The molecule has 2 rings (SSSR count). The molecule has 0 fully saturated rings. The van der Waals surface area contributed by atoms with Crippen LogP contribution < -0.4 is 9.47 Å². The first-order chi connectivity index (χ1) is 9.65. The van der Waals surface area contributed by atoms with Crippen LogP contribution >= 0.6 is 31.9 Å². The molecule has 0 radical (unpaired) electrons. The van der Waals surface area contributed by atoms with E-state index < -0.39 is 0 Å². The monoisotopic (exact) mass is 399 g/mol. The van der Waals surface area contributed by atoms with Crippen molar-refractivity contribution in [2.24, 2.45) is 0 Å². The predicted octanol–water partition coefficient (Wildman–Crippen LogP) is 4.64. The van der Waals surface area contributed by atoms with E-state index >= 15 is 0 Å². The van der Waals surface area contributed by atoms with Crippen molar-refractivity contribution in [3.8, 4) is 11.6 Å². The van der Waals surface area contributed by atoms with Gasteiger partial charge in [0, 0.05) is 21.6 Å². The third kappa shape index (κ3) is 3.52. The number of alkyl halides is 1. The van der Waals surface area contributed by atoms with Crippen LogP contribution in [0.25, 0.3) is 0 Å². The Bertz CT molecular complexity index is 602. The Morgan fingerprint density at radius 3 is 2.75 bits per heavy atom. The van der Waals surface area contributed by atoms with Gasteiger partial charge in [-0.05, 0) is 36.8 Å². The van der Waals surface area contributed by atoms with Gasteiger partial charge in [0.25, 0.3) is 0 Å². The number of benzene rings is 1. The fraction of sp³-hybridized carbons (Fsp3) is 0.267. The molecule has 0 aliphatic heterocycles. The highest BCUT2D eigenvalue weighted by molar-refractivity contribution is 9.10. The molecule has 0 aliphatic carbocycles. The van der Waals surface area contributed by atoms with E-state index in [0.717, 1.165) is 32.2 Å². The van der Waals surface area contributed by atoms with Gasteiger partial charge in [-0.15, -0.1) is 0 Å². The zero-order valence-electron chi connectivity index (χ0n) is 11.3. The summed E-state index contributed by atoms with van der Waals surface area (Å²) in [7, 11) is 1.61. The van der Waals surface area contributed by atoms with E-state index in [9.17, 15) is 0 Å². The molecule has 0 spiro atoms. The van der Waals surface area contributed by atoms with Crippen LogP contribution in [0.3, 0.4) is 0 Å². The zero-order chi connectivity index (χ0) is 14.5. The molecular weight excluding hydrogens is 386 g/mol.